The van der Waals surface area contributed by atoms with Crippen molar-refractivity contribution in [3.63, 3.8) is 0 Å². The molecule has 1 unspecified atom stereocenters. The zero-order valence-corrected chi connectivity index (χ0v) is 12.3. The minimum Gasteiger partial charge on any atom is -0.480 e. The summed E-state index contributed by atoms with van der Waals surface area (Å²) in [4.78, 5) is 34.5. The molecule has 0 radical (unpaired) electrons. The Balaban J connectivity index is 2.27. The molecule has 0 saturated heterocycles. The lowest BCUT2D eigenvalue weighted by atomic mass is 9.98. The van der Waals surface area contributed by atoms with Crippen molar-refractivity contribution in [1.29, 1.82) is 0 Å². The van der Waals surface area contributed by atoms with E-state index in [1.807, 2.05) is 0 Å². The van der Waals surface area contributed by atoms with Gasteiger partial charge in [0.15, 0.2) is 0 Å². The van der Waals surface area contributed by atoms with Gasteiger partial charge in [-0.1, -0.05) is 13.8 Å². The Labute approximate surface area is 126 Å². The number of anilines is 1. The molecule has 0 bridgehead atoms. The van der Waals surface area contributed by atoms with Crippen LogP contribution in [0.5, 0.6) is 0 Å². The monoisotopic (exact) mass is 308 g/mol. The van der Waals surface area contributed by atoms with Crippen LogP contribution in [-0.4, -0.2) is 28.9 Å². The van der Waals surface area contributed by atoms with Crippen molar-refractivity contribution >= 4 is 23.5 Å². The first-order chi connectivity index (χ1) is 10.3. The van der Waals surface area contributed by atoms with E-state index in [1.165, 1.54) is 6.07 Å². The fourth-order valence-electron chi connectivity index (χ4n) is 2.31. The second-order valence-corrected chi connectivity index (χ2v) is 5.57. The summed E-state index contributed by atoms with van der Waals surface area (Å²) in [5.41, 5.74) is 0.785. The number of aryl methyl sites for hydroxylation is 1. The smallest absolute Gasteiger partial charge is 0.326 e. The molecule has 0 spiro atoms. The first kappa shape index (κ1) is 15.9. The SMILES string of the molecule is CC(C)C(NC(=O)c1cc2c(cc1F)NC(=O)CC2)C(=O)O. The number of halogens is 1. The topological polar surface area (TPSA) is 95.5 Å². The van der Waals surface area contributed by atoms with Gasteiger partial charge in [0.2, 0.25) is 5.91 Å². The van der Waals surface area contributed by atoms with Crippen molar-refractivity contribution < 1.29 is 23.9 Å². The van der Waals surface area contributed by atoms with E-state index >= 15 is 0 Å². The molecule has 7 heteroatoms. The largest absolute Gasteiger partial charge is 0.480 e. The third-order valence-corrected chi connectivity index (χ3v) is 3.55. The fraction of sp³-hybridized carbons (Fsp3) is 0.400. The molecular formula is C15H17FN2O4. The molecule has 0 fully saturated rings. The number of carbonyl (C=O) groups is 3. The van der Waals surface area contributed by atoms with Crippen LogP contribution in [0.3, 0.4) is 0 Å². The number of fused-ring (bicyclic) bond motifs is 1. The molecule has 2 rings (SSSR count). The van der Waals surface area contributed by atoms with Gasteiger partial charge in [-0.05, 0) is 30.0 Å². The molecule has 1 aromatic carbocycles. The van der Waals surface area contributed by atoms with E-state index in [0.717, 1.165) is 6.07 Å². The molecule has 0 aromatic heterocycles. The second-order valence-electron chi connectivity index (χ2n) is 5.57. The van der Waals surface area contributed by atoms with E-state index in [4.69, 9.17) is 5.11 Å². The highest BCUT2D eigenvalue weighted by Gasteiger charge is 2.26. The Morgan fingerprint density at radius 2 is 2.00 bits per heavy atom. The number of aliphatic carboxylic acids is 1. The fourth-order valence-corrected chi connectivity index (χ4v) is 2.31. The molecule has 1 aromatic rings. The van der Waals surface area contributed by atoms with Crippen LogP contribution in [0.4, 0.5) is 10.1 Å². The summed E-state index contributed by atoms with van der Waals surface area (Å²) in [6.45, 7) is 3.30. The highest BCUT2D eigenvalue weighted by atomic mass is 19.1. The third kappa shape index (κ3) is 3.24. The molecule has 2 amide bonds. The molecule has 1 aliphatic rings. The van der Waals surface area contributed by atoms with Gasteiger partial charge in [0, 0.05) is 12.1 Å². The summed E-state index contributed by atoms with van der Waals surface area (Å²) in [7, 11) is 0. The predicted molar refractivity (Wildman–Crippen MR) is 77.1 cm³/mol. The standard InChI is InChI=1S/C15H17FN2O4/c1-7(2)13(15(21)22)18-14(20)9-5-8-3-4-12(19)17-11(8)6-10(9)16/h5-7,13H,3-4H2,1-2H3,(H,17,19)(H,18,20)(H,21,22). The second kappa shape index (κ2) is 6.13. The van der Waals surface area contributed by atoms with Gasteiger partial charge in [0.05, 0.1) is 5.56 Å². The molecule has 1 atom stereocenters. The van der Waals surface area contributed by atoms with Gasteiger partial charge >= 0.3 is 5.97 Å². The molecule has 1 heterocycles. The maximum atomic E-state index is 14.0. The van der Waals surface area contributed by atoms with Crippen LogP contribution in [-0.2, 0) is 16.0 Å². The Kier molecular flexibility index (Phi) is 4.44. The number of carbonyl (C=O) groups excluding carboxylic acids is 2. The number of carboxylic acid groups (broad SMARTS) is 1. The van der Waals surface area contributed by atoms with Gasteiger partial charge in [-0.3, -0.25) is 9.59 Å². The van der Waals surface area contributed by atoms with E-state index < -0.39 is 23.7 Å². The number of nitrogens with one attached hydrogen (secondary N) is 2. The summed E-state index contributed by atoms with van der Waals surface area (Å²) < 4.78 is 14.0. The van der Waals surface area contributed by atoms with Crippen molar-refractivity contribution in [3.8, 4) is 0 Å². The van der Waals surface area contributed by atoms with Gasteiger partial charge in [-0.15, -0.1) is 0 Å². The Hall–Kier alpha value is -2.44. The van der Waals surface area contributed by atoms with Crippen LogP contribution >= 0.6 is 0 Å². The van der Waals surface area contributed by atoms with Crippen LogP contribution in [0.2, 0.25) is 0 Å². The zero-order valence-electron chi connectivity index (χ0n) is 12.3. The van der Waals surface area contributed by atoms with Crippen molar-refractivity contribution in [1.82, 2.24) is 5.32 Å². The number of hydrogen-bond acceptors (Lipinski definition) is 3. The summed E-state index contributed by atoms with van der Waals surface area (Å²) in [6.07, 6.45) is 0.678. The van der Waals surface area contributed by atoms with Gasteiger partial charge < -0.3 is 15.7 Å². The van der Waals surface area contributed by atoms with E-state index in [2.05, 4.69) is 10.6 Å². The summed E-state index contributed by atoms with van der Waals surface area (Å²) in [5.74, 6) is -3.28. The van der Waals surface area contributed by atoms with Crippen molar-refractivity contribution in [2.24, 2.45) is 5.92 Å². The van der Waals surface area contributed by atoms with E-state index in [0.29, 0.717) is 17.7 Å². The highest BCUT2D eigenvalue weighted by Crippen LogP contribution is 2.26. The Morgan fingerprint density at radius 1 is 1.32 bits per heavy atom. The van der Waals surface area contributed by atoms with Crippen molar-refractivity contribution in [3.05, 3.63) is 29.1 Å². The molecule has 0 saturated carbocycles. The molecule has 1 aliphatic heterocycles. The lowest BCUT2D eigenvalue weighted by Gasteiger charge is -2.20. The van der Waals surface area contributed by atoms with Crippen LogP contribution in [0.15, 0.2) is 12.1 Å². The first-order valence-corrected chi connectivity index (χ1v) is 6.95. The summed E-state index contributed by atoms with van der Waals surface area (Å²) in [6, 6.07) is 1.35. The average molecular weight is 308 g/mol. The molecule has 118 valence electrons. The van der Waals surface area contributed by atoms with E-state index in [9.17, 15) is 18.8 Å². The van der Waals surface area contributed by atoms with Crippen molar-refractivity contribution in [2.75, 3.05) is 5.32 Å². The number of hydrogen-bond donors (Lipinski definition) is 3. The van der Waals surface area contributed by atoms with Crippen LogP contribution in [0, 0.1) is 11.7 Å². The molecule has 3 N–H and O–H groups in total. The lowest BCUT2D eigenvalue weighted by Crippen LogP contribution is -2.44. The maximum absolute atomic E-state index is 14.0. The van der Waals surface area contributed by atoms with E-state index in [-0.39, 0.29) is 23.8 Å². The Morgan fingerprint density at radius 3 is 2.59 bits per heavy atom. The van der Waals surface area contributed by atoms with Gasteiger partial charge in [0.1, 0.15) is 11.9 Å². The molecule has 22 heavy (non-hydrogen) atoms. The molecular weight excluding hydrogens is 291 g/mol. The predicted octanol–water partition coefficient (Wildman–Crippen LogP) is 1.55. The maximum Gasteiger partial charge on any atom is 0.326 e. The quantitative estimate of drug-likeness (QED) is 0.786. The minimum atomic E-state index is -1.17. The minimum absolute atomic E-state index is 0.199. The van der Waals surface area contributed by atoms with Crippen LogP contribution in [0.25, 0.3) is 0 Å². The van der Waals surface area contributed by atoms with Gasteiger partial charge in [-0.2, -0.15) is 0 Å². The lowest BCUT2D eigenvalue weighted by molar-refractivity contribution is -0.140. The average Bonchev–Trinajstić information content (AvgIpc) is 2.42. The number of carboxylic acids is 1. The molecule has 0 aliphatic carbocycles. The van der Waals surface area contributed by atoms with E-state index in [1.54, 1.807) is 13.8 Å². The van der Waals surface area contributed by atoms with Gasteiger partial charge in [-0.25, -0.2) is 9.18 Å². The highest BCUT2D eigenvalue weighted by molar-refractivity contribution is 5.99. The number of rotatable bonds is 4. The van der Waals surface area contributed by atoms with Gasteiger partial charge in [0.25, 0.3) is 5.91 Å². The third-order valence-electron chi connectivity index (χ3n) is 3.55. The molecule has 6 nitrogen and oxygen atoms in total. The zero-order chi connectivity index (χ0) is 16.4. The number of amides is 2. The summed E-state index contributed by atoms with van der Waals surface area (Å²) >= 11 is 0. The first-order valence-electron chi connectivity index (χ1n) is 6.95. The normalized spacial score (nSPS) is 15.0. The number of benzene rings is 1. The Bertz CT molecular complexity index is 643. The van der Waals surface area contributed by atoms with Crippen molar-refractivity contribution in [2.45, 2.75) is 32.7 Å². The van der Waals surface area contributed by atoms with Crippen LogP contribution < -0.4 is 10.6 Å². The summed E-state index contributed by atoms with van der Waals surface area (Å²) in [5, 5.41) is 13.9. The van der Waals surface area contributed by atoms with Crippen LogP contribution in [0.1, 0.15) is 36.2 Å².